The summed E-state index contributed by atoms with van der Waals surface area (Å²) in [5, 5.41) is 0. The Balaban J connectivity index is 3.13. The Bertz CT molecular complexity index is 448. The molecule has 1 rings (SSSR count). The zero-order valence-electron chi connectivity index (χ0n) is 13.0. The Kier molecular flexibility index (Phi) is 5.80. The largest absolute Gasteiger partial charge is 0.464 e. The molecule has 0 bridgehead atoms. The maximum atomic E-state index is 11.6. The summed E-state index contributed by atoms with van der Waals surface area (Å²) >= 11 is 0. The fourth-order valence-corrected chi connectivity index (χ4v) is 2.06. The molecule has 0 spiro atoms. The van der Waals surface area contributed by atoms with E-state index >= 15 is 0 Å². The standard InChI is InChI=1S/C15H25N3O2/c1-10(2)8-18(9-11(3)4)14-12(16)6-7-13(17-14)15(19)20-5/h6-7,10-11H,8-9,16H2,1-5H3. The lowest BCUT2D eigenvalue weighted by Crippen LogP contribution is -2.33. The summed E-state index contributed by atoms with van der Waals surface area (Å²) in [6.07, 6.45) is 0. The van der Waals surface area contributed by atoms with Gasteiger partial charge in [0.1, 0.15) is 0 Å². The Morgan fingerprint density at radius 3 is 2.25 bits per heavy atom. The maximum absolute atomic E-state index is 11.6. The molecule has 0 radical (unpaired) electrons. The molecule has 0 aliphatic heterocycles. The van der Waals surface area contributed by atoms with E-state index in [-0.39, 0.29) is 5.69 Å². The molecular formula is C15H25N3O2. The zero-order valence-corrected chi connectivity index (χ0v) is 13.0. The van der Waals surface area contributed by atoms with Crippen molar-refractivity contribution in [3.8, 4) is 0 Å². The highest BCUT2D eigenvalue weighted by molar-refractivity contribution is 5.88. The van der Waals surface area contributed by atoms with Crippen molar-refractivity contribution in [1.82, 2.24) is 4.98 Å². The van der Waals surface area contributed by atoms with Crippen molar-refractivity contribution in [1.29, 1.82) is 0 Å². The SMILES string of the molecule is COC(=O)c1ccc(N)c(N(CC(C)C)CC(C)C)n1. The highest BCUT2D eigenvalue weighted by atomic mass is 16.5. The van der Waals surface area contributed by atoms with Gasteiger partial charge in [0.2, 0.25) is 0 Å². The van der Waals surface area contributed by atoms with Crippen molar-refractivity contribution in [3.05, 3.63) is 17.8 Å². The summed E-state index contributed by atoms with van der Waals surface area (Å²) in [6.45, 7) is 10.3. The molecule has 1 aromatic heterocycles. The van der Waals surface area contributed by atoms with Gasteiger partial charge < -0.3 is 15.4 Å². The van der Waals surface area contributed by atoms with Gasteiger partial charge in [-0.3, -0.25) is 0 Å². The first-order chi connectivity index (χ1) is 9.35. The second kappa shape index (κ2) is 7.12. The number of rotatable bonds is 6. The monoisotopic (exact) mass is 279 g/mol. The van der Waals surface area contributed by atoms with Gasteiger partial charge in [-0.1, -0.05) is 27.7 Å². The number of pyridine rings is 1. The summed E-state index contributed by atoms with van der Waals surface area (Å²) in [4.78, 5) is 18.1. The Labute approximate surface area is 121 Å². The van der Waals surface area contributed by atoms with E-state index in [0.717, 1.165) is 13.1 Å². The van der Waals surface area contributed by atoms with Crippen LogP contribution < -0.4 is 10.6 Å². The van der Waals surface area contributed by atoms with Crippen molar-refractivity contribution in [2.45, 2.75) is 27.7 Å². The molecule has 0 saturated carbocycles. The van der Waals surface area contributed by atoms with Crippen LogP contribution in [0.3, 0.4) is 0 Å². The molecule has 112 valence electrons. The predicted octanol–water partition coefficient (Wildman–Crippen LogP) is 2.57. The summed E-state index contributed by atoms with van der Waals surface area (Å²) < 4.78 is 4.71. The summed E-state index contributed by atoms with van der Waals surface area (Å²) in [5.74, 6) is 1.18. The first kappa shape index (κ1) is 16.3. The number of carbonyl (C=O) groups is 1. The smallest absolute Gasteiger partial charge is 0.356 e. The van der Waals surface area contributed by atoms with E-state index in [2.05, 4.69) is 37.6 Å². The van der Waals surface area contributed by atoms with Crippen LogP contribution in [0.15, 0.2) is 12.1 Å². The average molecular weight is 279 g/mol. The van der Waals surface area contributed by atoms with E-state index in [0.29, 0.717) is 23.3 Å². The molecule has 0 aromatic carbocycles. The molecule has 2 N–H and O–H groups in total. The minimum atomic E-state index is -0.444. The predicted molar refractivity (Wildman–Crippen MR) is 81.9 cm³/mol. The molecule has 1 aromatic rings. The van der Waals surface area contributed by atoms with Crippen molar-refractivity contribution in [3.63, 3.8) is 0 Å². The van der Waals surface area contributed by atoms with Gasteiger partial charge in [-0.15, -0.1) is 0 Å². The third-order valence-electron chi connectivity index (χ3n) is 2.77. The van der Waals surface area contributed by atoms with E-state index < -0.39 is 5.97 Å². The lowest BCUT2D eigenvalue weighted by atomic mass is 10.1. The number of anilines is 2. The van der Waals surface area contributed by atoms with Crippen LogP contribution in [0.2, 0.25) is 0 Å². The molecule has 0 atom stereocenters. The van der Waals surface area contributed by atoms with Crippen molar-refractivity contribution in [2.24, 2.45) is 11.8 Å². The first-order valence-electron chi connectivity index (χ1n) is 6.95. The number of ether oxygens (including phenoxy) is 1. The summed E-state index contributed by atoms with van der Waals surface area (Å²) in [5.41, 5.74) is 6.90. The third kappa shape index (κ3) is 4.40. The first-order valence-corrected chi connectivity index (χ1v) is 6.95. The second-order valence-corrected chi connectivity index (χ2v) is 5.79. The highest BCUT2D eigenvalue weighted by Crippen LogP contribution is 2.23. The number of nitrogen functional groups attached to an aromatic ring is 1. The van der Waals surface area contributed by atoms with Crippen LogP contribution in [0, 0.1) is 11.8 Å². The average Bonchev–Trinajstić information content (AvgIpc) is 2.36. The minimum absolute atomic E-state index is 0.286. The van der Waals surface area contributed by atoms with Crippen LogP contribution in [0.5, 0.6) is 0 Å². The maximum Gasteiger partial charge on any atom is 0.356 e. The van der Waals surface area contributed by atoms with Crippen molar-refractivity contribution < 1.29 is 9.53 Å². The van der Waals surface area contributed by atoms with Gasteiger partial charge in [-0.25, -0.2) is 9.78 Å². The molecule has 0 fully saturated rings. The highest BCUT2D eigenvalue weighted by Gasteiger charge is 2.17. The van der Waals surface area contributed by atoms with Crippen LogP contribution in [-0.2, 0) is 4.74 Å². The molecule has 5 nitrogen and oxygen atoms in total. The fourth-order valence-electron chi connectivity index (χ4n) is 2.06. The number of nitrogens with two attached hydrogens (primary N) is 1. The Morgan fingerprint density at radius 2 is 1.80 bits per heavy atom. The zero-order chi connectivity index (χ0) is 15.3. The van der Waals surface area contributed by atoms with E-state index in [1.165, 1.54) is 7.11 Å². The van der Waals surface area contributed by atoms with Crippen LogP contribution in [0.25, 0.3) is 0 Å². The second-order valence-electron chi connectivity index (χ2n) is 5.79. The summed E-state index contributed by atoms with van der Waals surface area (Å²) in [6, 6.07) is 3.30. The van der Waals surface area contributed by atoms with Gasteiger partial charge in [-0.05, 0) is 24.0 Å². The number of nitrogens with zero attached hydrogens (tertiary/aromatic N) is 2. The number of carbonyl (C=O) groups excluding carboxylic acids is 1. The lowest BCUT2D eigenvalue weighted by molar-refractivity contribution is 0.0594. The van der Waals surface area contributed by atoms with Crippen molar-refractivity contribution >= 4 is 17.5 Å². The molecule has 0 saturated heterocycles. The van der Waals surface area contributed by atoms with Gasteiger partial charge in [0.25, 0.3) is 0 Å². The van der Waals surface area contributed by atoms with Gasteiger partial charge in [-0.2, -0.15) is 0 Å². The molecular weight excluding hydrogens is 254 g/mol. The topological polar surface area (TPSA) is 68.5 Å². The van der Waals surface area contributed by atoms with Crippen molar-refractivity contribution in [2.75, 3.05) is 30.8 Å². The van der Waals surface area contributed by atoms with Gasteiger partial charge in [0.05, 0.1) is 12.8 Å². The normalized spacial score (nSPS) is 10.9. The molecule has 5 heteroatoms. The van der Waals surface area contributed by atoms with Crippen LogP contribution in [0.4, 0.5) is 11.5 Å². The molecule has 1 heterocycles. The van der Waals surface area contributed by atoms with Crippen LogP contribution in [-0.4, -0.2) is 31.2 Å². The molecule has 0 unspecified atom stereocenters. The third-order valence-corrected chi connectivity index (χ3v) is 2.77. The minimum Gasteiger partial charge on any atom is -0.464 e. The van der Waals surface area contributed by atoms with Crippen LogP contribution in [0.1, 0.15) is 38.2 Å². The fraction of sp³-hybridized carbons (Fsp3) is 0.600. The molecule has 0 aliphatic carbocycles. The van der Waals surface area contributed by atoms with Crippen LogP contribution >= 0.6 is 0 Å². The molecule has 20 heavy (non-hydrogen) atoms. The number of hydrogen-bond acceptors (Lipinski definition) is 5. The number of methoxy groups -OCH3 is 1. The molecule has 0 aliphatic rings. The number of hydrogen-bond donors (Lipinski definition) is 1. The lowest BCUT2D eigenvalue weighted by Gasteiger charge is -2.28. The van der Waals surface area contributed by atoms with Gasteiger partial charge >= 0.3 is 5.97 Å². The summed E-state index contributed by atoms with van der Waals surface area (Å²) in [7, 11) is 1.35. The van der Waals surface area contributed by atoms with E-state index in [4.69, 9.17) is 10.5 Å². The van der Waals surface area contributed by atoms with Gasteiger partial charge in [0, 0.05) is 13.1 Å². The Morgan fingerprint density at radius 1 is 1.25 bits per heavy atom. The van der Waals surface area contributed by atoms with E-state index in [9.17, 15) is 4.79 Å². The number of aromatic nitrogens is 1. The quantitative estimate of drug-likeness (QED) is 0.811. The van der Waals surface area contributed by atoms with E-state index in [1.807, 2.05) is 0 Å². The Hall–Kier alpha value is -1.78. The van der Waals surface area contributed by atoms with E-state index in [1.54, 1.807) is 12.1 Å². The van der Waals surface area contributed by atoms with Gasteiger partial charge in [0.15, 0.2) is 11.5 Å². The molecule has 0 amide bonds. The number of esters is 1.